The summed E-state index contributed by atoms with van der Waals surface area (Å²) < 4.78 is 31.0. The van der Waals surface area contributed by atoms with Crippen molar-refractivity contribution in [1.29, 1.82) is 0 Å². The Balaban J connectivity index is 2.30. The van der Waals surface area contributed by atoms with Crippen molar-refractivity contribution in [2.45, 2.75) is 10.3 Å². The van der Waals surface area contributed by atoms with E-state index in [-0.39, 0.29) is 40.9 Å². The Kier molecular flexibility index (Phi) is 4.62. The molecular formula is C9H12ClN3O5S2. The molecule has 1 aliphatic rings. The first-order valence-electron chi connectivity index (χ1n) is 5.61. The number of sulfonamides is 1. The topological polar surface area (TPSA) is 116 Å². The van der Waals surface area contributed by atoms with E-state index in [0.29, 0.717) is 11.3 Å². The SMILES string of the molecule is NCC1CN(S(=O)(=O)c2cc([N+](=O)[O-])c(Cl)s2)CCO1. The molecule has 11 heteroatoms. The predicted octanol–water partition coefficient (Wildman–Crippen LogP) is 0.658. The van der Waals surface area contributed by atoms with E-state index >= 15 is 0 Å². The summed E-state index contributed by atoms with van der Waals surface area (Å²) >= 11 is 6.36. The van der Waals surface area contributed by atoms with Gasteiger partial charge in [-0.05, 0) is 0 Å². The Bertz CT molecular complexity index is 617. The van der Waals surface area contributed by atoms with Crippen LogP contribution in [0.1, 0.15) is 0 Å². The third kappa shape index (κ3) is 2.95. The van der Waals surface area contributed by atoms with Crippen LogP contribution in [0.4, 0.5) is 5.69 Å². The van der Waals surface area contributed by atoms with Gasteiger partial charge in [0.15, 0.2) is 4.34 Å². The summed E-state index contributed by atoms with van der Waals surface area (Å²) in [5, 5.41) is 10.7. The van der Waals surface area contributed by atoms with Crippen molar-refractivity contribution in [3.05, 3.63) is 20.5 Å². The van der Waals surface area contributed by atoms with Crippen LogP contribution in [0.25, 0.3) is 0 Å². The number of morpholine rings is 1. The molecule has 0 aromatic carbocycles. The maximum absolute atomic E-state index is 12.4. The minimum atomic E-state index is -3.81. The highest BCUT2D eigenvalue weighted by Crippen LogP contribution is 2.37. The molecule has 1 aromatic rings. The number of hydrogen-bond acceptors (Lipinski definition) is 7. The number of ether oxygens (including phenoxy) is 1. The summed E-state index contributed by atoms with van der Waals surface area (Å²) in [4.78, 5) is 10.0. The minimum absolute atomic E-state index is 0.127. The molecule has 112 valence electrons. The maximum atomic E-state index is 12.4. The molecule has 1 fully saturated rings. The molecule has 0 spiro atoms. The molecule has 1 atom stereocenters. The fourth-order valence-corrected chi connectivity index (χ4v) is 5.05. The van der Waals surface area contributed by atoms with Crippen LogP contribution < -0.4 is 5.73 Å². The van der Waals surface area contributed by atoms with Gasteiger partial charge in [0.05, 0.1) is 17.6 Å². The largest absolute Gasteiger partial charge is 0.374 e. The summed E-state index contributed by atoms with van der Waals surface area (Å²) in [5.41, 5.74) is 5.06. The van der Waals surface area contributed by atoms with Gasteiger partial charge < -0.3 is 10.5 Å². The summed E-state index contributed by atoms with van der Waals surface area (Å²) in [6, 6.07) is 0.981. The molecule has 0 aliphatic carbocycles. The van der Waals surface area contributed by atoms with Crippen molar-refractivity contribution in [3.63, 3.8) is 0 Å². The summed E-state index contributed by atoms with van der Waals surface area (Å²) in [6.45, 7) is 0.754. The molecule has 2 heterocycles. The molecule has 1 aromatic heterocycles. The number of rotatable bonds is 4. The number of thiophene rings is 1. The first kappa shape index (κ1) is 15.6. The monoisotopic (exact) mass is 341 g/mol. The van der Waals surface area contributed by atoms with Gasteiger partial charge in [-0.2, -0.15) is 4.31 Å². The van der Waals surface area contributed by atoms with Crippen LogP contribution in [-0.4, -0.2) is 50.0 Å². The van der Waals surface area contributed by atoms with Crippen molar-refractivity contribution < 1.29 is 18.1 Å². The van der Waals surface area contributed by atoms with Crippen molar-refractivity contribution in [3.8, 4) is 0 Å². The molecular weight excluding hydrogens is 330 g/mol. The third-order valence-corrected chi connectivity index (χ3v) is 6.45. The zero-order chi connectivity index (χ0) is 14.9. The summed E-state index contributed by atoms with van der Waals surface area (Å²) in [7, 11) is -3.81. The fraction of sp³-hybridized carbons (Fsp3) is 0.556. The van der Waals surface area contributed by atoms with E-state index in [0.717, 1.165) is 6.07 Å². The second kappa shape index (κ2) is 5.92. The lowest BCUT2D eigenvalue weighted by Crippen LogP contribution is -2.47. The average Bonchev–Trinajstić information content (AvgIpc) is 2.82. The first-order valence-corrected chi connectivity index (χ1v) is 8.25. The highest BCUT2D eigenvalue weighted by Gasteiger charge is 2.33. The van der Waals surface area contributed by atoms with Gasteiger partial charge in [0, 0.05) is 25.7 Å². The van der Waals surface area contributed by atoms with Crippen LogP contribution >= 0.6 is 22.9 Å². The fourth-order valence-electron chi connectivity index (χ4n) is 1.77. The standard InChI is InChI=1S/C9H12ClN3O5S2/c10-9-7(13(14)15)3-8(19-9)20(16,17)12-1-2-18-6(4-11)5-12/h3,6H,1-2,4-5,11H2. The van der Waals surface area contributed by atoms with E-state index < -0.39 is 20.6 Å². The molecule has 0 saturated carbocycles. The van der Waals surface area contributed by atoms with E-state index in [4.69, 9.17) is 22.1 Å². The predicted molar refractivity (Wildman–Crippen MR) is 73.5 cm³/mol. The molecule has 0 bridgehead atoms. The number of nitro groups is 1. The summed E-state index contributed by atoms with van der Waals surface area (Å²) in [5.74, 6) is 0. The molecule has 2 N–H and O–H groups in total. The highest BCUT2D eigenvalue weighted by molar-refractivity contribution is 7.91. The number of nitrogens with two attached hydrogens (primary N) is 1. The van der Waals surface area contributed by atoms with Crippen LogP contribution in [0.3, 0.4) is 0 Å². The van der Waals surface area contributed by atoms with Gasteiger partial charge in [-0.25, -0.2) is 8.42 Å². The molecule has 0 radical (unpaired) electrons. The Morgan fingerprint density at radius 3 is 2.90 bits per heavy atom. The van der Waals surface area contributed by atoms with Gasteiger partial charge in [0.25, 0.3) is 15.7 Å². The molecule has 1 unspecified atom stereocenters. The Morgan fingerprint density at radius 1 is 1.65 bits per heavy atom. The van der Waals surface area contributed by atoms with E-state index in [9.17, 15) is 18.5 Å². The second-order valence-electron chi connectivity index (χ2n) is 4.07. The molecule has 2 rings (SSSR count). The van der Waals surface area contributed by atoms with Crippen molar-refractivity contribution in [1.82, 2.24) is 4.31 Å². The molecule has 20 heavy (non-hydrogen) atoms. The van der Waals surface area contributed by atoms with Gasteiger partial charge in [0.2, 0.25) is 0 Å². The Labute approximate surface area is 124 Å². The zero-order valence-electron chi connectivity index (χ0n) is 10.2. The molecule has 1 saturated heterocycles. The van der Waals surface area contributed by atoms with Crippen LogP contribution in [-0.2, 0) is 14.8 Å². The van der Waals surface area contributed by atoms with Crippen LogP contribution in [0, 0.1) is 10.1 Å². The van der Waals surface area contributed by atoms with Gasteiger partial charge in [-0.15, -0.1) is 11.3 Å². The quantitative estimate of drug-likeness (QED) is 0.635. The molecule has 0 amide bonds. The normalized spacial score (nSPS) is 21.0. The highest BCUT2D eigenvalue weighted by atomic mass is 35.5. The third-order valence-electron chi connectivity index (χ3n) is 2.80. The smallest absolute Gasteiger partial charge is 0.300 e. The van der Waals surface area contributed by atoms with Crippen LogP contribution in [0.2, 0.25) is 4.34 Å². The van der Waals surface area contributed by atoms with Crippen molar-refractivity contribution in [2.24, 2.45) is 5.73 Å². The van der Waals surface area contributed by atoms with Crippen molar-refractivity contribution >= 4 is 38.6 Å². The van der Waals surface area contributed by atoms with Gasteiger partial charge in [-0.3, -0.25) is 10.1 Å². The maximum Gasteiger partial charge on any atom is 0.300 e. The lowest BCUT2D eigenvalue weighted by molar-refractivity contribution is -0.384. The second-order valence-corrected chi connectivity index (χ2v) is 7.89. The van der Waals surface area contributed by atoms with Gasteiger partial charge in [0.1, 0.15) is 4.21 Å². The first-order chi connectivity index (χ1) is 9.36. The van der Waals surface area contributed by atoms with E-state index in [2.05, 4.69) is 0 Å². The number of halogens is 1. The number of nitrogens with zero attached hydrogens (tertiary/aromatic N) is 2. The van der Waals surface area contributed by atoms with E-state index in [1.54, 1.807) is 0 Å². The van der Waals surface area contributed by atoms with Crippen molar-refractivity contribution in [2.75, 3.05) is 26.2 Å². The van der Waals surface area contributed by atoms with Gasteiger partial charge >= 0.3 is 0 Å². The lowest BCUT2D eigenvalue weighted by atomic mass is 10.3. The van der Waals surface area contributed by atoms with E-state index in [1.165, 1.54) is 4.31 Å². The van der Waals surface area contributed by atoms with Gasteiger partial charge in [-0.1, -0.05) is 11.6 Å². The zero-order valence-corrected chi connectivity index (χ0v) is 12.6. The summed E-state index contributed by atoms with van der Waals surface area (Å²) in [6.07, 6.45) is -0.371. The van der Waals surface area contributed by atoms with Crippen LogP contribution in [0.15, 0.2) is 10.3 Å². The lowest BCUT2D eigenvalue weighted by Gasteiger charge is -2.30. The average molecular weight is 342 g/mol. The Hall–Kier alpha value is -0.780. The number of hydrogen-bond donors (Lipinski definition) is 1. The van der Waals surface area contributed by atoms with E-state index in [1.807, 2.05) is 0 Å². The Morgan fingerprint density at radius 2 is 2.35 bits per heavy atom. The van der Waals surface area contributed by atoms with Crippen LogP contribution in [0.5, 0.6) is 0 Å². The minimum Gasteiger partial charge on any atom is -0.374 e. The molecule has 1 aliphatic heterocycles. The molecule has 8 nitrogen and oxygen atoms in total.